The van der Waals surface area contributed by atoms with Crippen molar-refractivity contribution >= 4 is 46.3 Å². The fourth-order valence-corrected chi connectivity index (χ4v) is 15.6. The van der Waals surface area contributed by atoms with Gasteiger partial charge in [0.15, 0.2) is 0 Å². The van der Waals surface area contributed by atoms with E-state index in [9.17, 15) is 9.00 Å². The van der Waals surface area contributed by atoms with E-state index in [2.05, 4.69) is 0 Å². The summed E-state index contributed by atoms with van der Waals surface area (Å²) in [6.07, 6.45) is 0. The van der Waals surface area contributed by atoms with Crippen LogP contribution in [0.15, 0.2) is 126 Å². The quantitative estimate of drug-likeness (QED) is 0.344. The van der Waals surface area contributed by atoms with Crippen LogP contribution in [0.25, 0.3) is 0 Å². The number of carbonyl (C=O) groups is 1. The molecule has 0 saturated carbocycles. The first-order valence-electron chi connectivity index (χ1n) is 10.0. The average Bonchev–Trinajstić information content (AvgIpc) is 2.85. The summed E-state index contributed by atoms with van der Waals surface area (Å²) >= 11 is -4.16. The molecule has 0 heterocycles. The van der Waals surface area contributed by atoms with Gasteiger partial charge in [0.2, 0.25) is 0 Å². The zero-order valence-corrected chi connectivity index (χ0v) is 20.6. The van der Waals surface area contributed by atoms with Crippen LogP contribution in [-0.2, 0) is 18.7 Å². The molecule has 0 bridgehead atoms. The molecule has 0 aliphatic heterocycles. The molecule has 0 aliphatic rings. The van der Waals surface area contributed by atoms with Gasteiger partial charge in [0.1, 0.15) is 0 Å². The van der Waals surface area contributed by atoms with Crippen LogP contribution >= 0.6 is 0 Å². The summed E-state index contributed by atoms with van der Waals surface area (Å²) < 4.78 is 22.4. The predicted octanol–water partition coefficient (Wildman–Crippen LogP) is 3.00. The Balaban J connectivity index is 1.79. The molecule has 3 nitrogen and oxygen atoms in total. The minimum atomic E-state index is -4.16. The molecule has 0 saturated heterocycles. The monoisotopic (exact) mass is 534 g/mol. The summed E-state index contributed by atoms with van der Waals surface area (Å²) in [5.41, 5.74) is 0. The molecule has 4 aromatic carbocycles. The maximum absolute atomic E-state index is 13.2. The van der Waals surface area contributed by atoms with Crippen LogP contribution in [0, 0.1) is 0 Å². The third-order valence-corrected chi connectivity index (χ3v) is 17.7. The molecule has 154 valence electrons. The van der Waals surface area contributed by atoms with E-state index in [0.29, 0.717) is 4.90 Å². The van der Waals surface area contributed by atoms with Crippen molar-refractivity contribution in [2.24, 2.45) is 0 Å². The van der Waals surface area contributed by atoms with E-state index in [1.807, 2.05) is 109 Å². The van der Waals surface area contributed by atoms with E-state index in [4.69, 9.17) is 3.07 Å². The number of hydrogen-bond donors (Lipinski definition) is 0. The van der Waals surface area contributed by atoms with Crippen molar-refractivity contribution in [2.75, 3.05) is 5.75 Å². The van der Waals surface area contributed by atoms with Crippen LogP contribution in [0.3, 0.4) is 0 Å². The first kappa shape index (κ1) is 21.5. The van der Waals surface area contributed by atoms with E-state index in [1.54, 1.807) is 12.1 Å². The van der Waals surface area contributed by atoms with Gasteiger partial charge in [-0.3, -0.25) is 0 Å². The normalized spacial score (nSPS) is 12.1. The minimum absolute atomic E-state index is 0.171. The molecule has 0 amide bonds. The Kier molecular flexibility index (Phi) is 6.99. The molecule has 0 N–H and O–H groups in total. The Labute approximate surface area is 189 Å². The van der Waals surface area contributed by atoms with E-state index in [-0.39, 0.29) is 5.75 Å². The summed E-state index contributed by atoms with van der Waals surface area (Å²) in [5, 5.41) is 0. The summed E-state index contributed by atoms with van der Waals surface area (Å²) in [4.78, 5) is 13.8. The molecule has 0 fully saturated rings. The van der Waals surface area contributed by atoms with Crippen LogP contribution in [-0.4, -0.2) is 34.7 Å². The zero-order chi connectivity index (χ0) is 21.5. The number of rotatable bonds is 7. The molecule has 1 unspecified atom stereocenters. The van der Waals surface area contributed by atoms with Gasteiger partial charge in [0.25, 0.3) is 0 Å². The van der Waals surface area contributed by atoms with Gasteiger partial charge in [-0.15, -0.1) is 0 Å². The van der Waals surface area contributed by atoms with Crippen molar-refractivity contribution < 1.29 is 12.1 Å². The van der Waals surface area contributed by atoms with Gasteiger partial charge >= 0.3 is 190 Å². The molecule has 31 heavy (non-hydrogen) atoms. The summed E-state index contributed by atoms with van der Waals surface area (Å²) in [7, 11) is -1.46. The van der Waals surface area contributed by atoms with Gasteiger partial charge in [-0.1, -0.05) is 0 Å². The fraction of sp³-hybridized carbons (Fsp3) is 0.0385. The van der Waals surface area contributed by atoms with Crippen molar-refractivity contribution in [3.63, 3.8) is 0 Å². The van der Waals surface area contributed by atoms with Crippen LogP contribution in [0.2, 0.25) is 0 Å². The molecule has 4 rings (SSSR count). The number of benzene rings is 4. The molecule has 0 radical (unpaired) electrons. The van der Waals surface area contributed by atoms with Gasteiger partial charge in [-0.05, 0) is 0 Å². The van der Waals surface area contributed by atoms with Crippen molar-refractivity contribution in [1.82, 2.24) is 0 Å². The number of carbonyl (C=O) groups excluding carboxylic acids is 1. The molecule has 0 aliphatic carbocycles. The van der Waals surface area contributed by atoms with Crippen LogP contribution in [0.5, 0.6) is 0 Å². The molecular formula is C26H22O3SSn. The van der Waals surface area contributed by atoms with Crippen molar-refractivity contribution in [2.45, 2.75) is 4.90 Å². The Morgan fingerprint density at radius 1 is 0.613 bits per heavy atom. The SMILES string of the molecule is O=C(CS(=O)c1ccccc1)[O][Sn]([c]1ccccc1)([c]1ccccc1)[c]1ccccc1. The van der Waals surface area contributed by atoms with Crippen LogP contribution in [0.4, 0.5) is 0 Å². The van der Waals surface area contributed by atoms with Gasteiger partial charge in [0, 0.05) is 0 Å². The third-order valence-electron chi connectivity index (χ3n) is 5.06. The standard InChI is InChI=1S/C8H8O3S.3C6H5.Sn/c9-8(10)6-12(11)7-4-2-1-3-5-7;3*1-2-4-6-5-3-1;/h1-5H,6H2,(H,9,10);3*1-5H;/q;;;;+1/p-1. The van der Waals surface area contributed by atoms with Gasteiger partial charge < -0.3 is 0 Å². The van der Waals surface area contributed by atoms with E-state index in [1.165, 1.54) is 0 Å². The summed E-state index contributed by atoms with van der Waals surface area (Å²) in [6.45, 7) is 0. The molecular weight excluding hydrogens is 511 g/mol. The van der Waals surface area contributed by atoms with E-state index < -0.39 is 35.6 Å². The van der Waals surface area contributed by atoms with Gasteiger partial charge in [-0.25, -0.2) is 0 Å². The molecule has 0 aromatic heterocycles. The topological polar surface area (TPSA) is 43.4 Å². The second-order valence-electron chi connectivity index (χ2n) is 7.06. The van der Waals surface area contributed by atoms with Crippen LogP contribution in [0.1, 0.15) is 0 Å². The number of hydrogen-bond acceptors (Lipinski definition) is 3. The average molecular weight is 533 g/mol. The zero-order valence-electron chi connectivity index (χ0n) is 16.9. The molecule has 5 heteroatoms. The van der Waals surface area contributed by atoms with Gasteiger partial charge in [-0.2, -0.15) is 0 Å². The third kappa shape index (κ3) is 4.81. The fourth-order valence-electron chi connectivity index (χ4n) is 3.66. The first-order chi connectivity index (χ1) is 15.2. The summed E-state index contributed by atoms with van der Waals surface area (Å²) in [6, 6.07) is 39.0. The first-order valence-corrected chi connectivity index (χ1v) is 16.8. The maximum atomic E-state index is 13.2. The predicted molar refractivity (Wildman–Crippen MR) is 128 cm³/mol. The second-order valence-corrected chi connectivity index (χ2v) is 17.9. The van der Waals surface area contributed by atoms with Crippen molar-refractivity contribution in [3.8, 4) is 0 Å². The Bertz CT molecular complexity index is 1050. The molecule has 1 atom stereocenters. The van der Waals surface area contributed by atoms with Gasteiger partial charge in [0.05, 0.1) is 0 Å². The Morgan fingerprint density at radius 3 is 1.35 bits per heavy atom. The van der Waals surface area contributed by atoms with Crippen LogP contribution < -0.4 is 10.7 Å². The van der Waals surface area contributed by atoms with Crippen molar-refractivity contribution in [1.29, 1.82) is 0 Å². The Hall–Kier alpha value is -2.70. The van der Waals surface area contributed by atoms with E-state index >= 15 is 0 Å². The molecule has 0 spiro atoms. The second kappa shape index (κ2) is 10.1. The van der Waals surface area contributed by atoms with Crippen molar-refractivity contribution in [3.05, 3.63) is 121 Å². The summed E-state index contributed by atoms with van der Waals surface area (Å²) in [5.74, 6) is -0.607. The van der Waals surface area contributed by atoms with E-state index in [0.717, 1.165) is 10.7 Å². The molecule has 4 aromatic rings. The Morgan fingerprint density at radius 2 is 0.968 bits per heavy atom.